The molecule has 0 bridgehead atoms. The molecular formula is C31H34FN3O3. The van der Waals surface area contributed by atoms with E-state index in [-0.39, 0.29) is 31.5 Å². The van der Waals surface area contributed by atoms with E-state index in [2.05, 4.69) is 63.9 Å². The van der Waals surface area contributed by atoms with Crippen molar-refractivity contribution in [3.05, 3.63) is 113 Å². The summed E-state index contributed by atoms with van der Waals surface area (Å²) in [5.74, 6) is -0.502. The van der Waals surface area contributed by atoms with Crippen molar-refractivity contribution in [2.24, 2.45) is 0 Å². The Hall–Kier alpha value is -3.78. The van der Waals surface area contributed by atoms with E-state index in [1.54, 1.807) is 12.1 Å². The quantitative estimate of drug-likeness (QED) is 0.228. The predicted octanol–water partition coefficient (Wildman–Crippen LogP) is 4.69. The zero-order chi connectivity index (χ0) is 26.6. The maximum atomic E-state index is 12.9. The second kappa shape index (κ2) is 14.2. The number of para-hydroxylation sites is 1. The van der Waals surface area contributed by atoms with Crippen LogP contribution in [-0.4, -0.2) is 53.7 Å². The molecule has 0 atom stereocenters. The van der Waals surface area contributed by atoms with Crippen molar-refractivity contribution >= 4 is 22.9 Å². The van der Waals surface area contributed by atoms with E-state index in [0.717, 1.165) is 36.2 Å². The maximum absolute atomic E-state index is 12.9. The number of fused-ring (bicyclic) bond motifs is 1. The molecule has 38 heavy (non-hydrogen) atoms. The van der Waals surface area contributed by atoms with Crippen LogP contribution < -0.4 is 5.32 Å². The number of carbonyl (C=O) groups is 1. The number of benzene rings is 3. The van der Waals surface area contributed by atoms with Crippen molar-refractivity contribution in [3.63, 3.8) is 0 Å². The minimum absolute atomic E-state index is 0.0510. The van der Waals surface area contributed by atoms with Gasteiger partial charge in [-0.25, -0.2) is 4.39 Å². The van der Waals surface area contributed by atoms with Gasteiger partial charge in [-0.1, -0.05) is 66.7 Å². The number of rotatable bonds is 14. The number of nitrogens with zero attached hydrogens (tertiary/aromatic N) is 1. The Kier molecular flexibility index (Phi) is 10.2. The summed E-state index contributed by atoms with van der Waals surface area (Å²) in [6.07, 6.45) is 6.85. The Bertz CT molecular complexity index is 1320. The summed E-state index contributed by atoms with van der Waals surface area (Å²) in [6, 6.07) is 22.6. The lowest BCUT2D eigenvalue weighted by atomic mass is 10.1. The number of amides is 1. The van der Waals surface area contributed by atoms with E-state index in [1.165, 1.54) is 28.6 Å². The third kappa shape index (κ3) is 8.38. The smallest absolute Gasteiger partial charge is 0.246 e. The summed E-state index contributed by atoms with van der Waals surface area (Å²) in [7, 11) is 0. The van der Waals surface area contributed by atoms with Crippen LogP contribution >= 0.6 is 0 Å². The molecule has 0 aliphatic heterocycles. The number of halogens is 1. The number of carbonyl (C=O) groups excluding carboxylic acids is 1. The van der Waals surface area contributed by atoms with Crippen LogP contribution in [0.15, 0.2) is 85.1 Å². The van der Waals surface area contributed by atoms with E-state index in [9.17, 15) is 14.3 Å². The molecule has 0 saturated carbocycles. The molecule has 3 aromatic carbocycles. The maximum Gasteiger partial charge on any atom is 0.246 e. The molecule has 198 valence electrons. The number of aromatic nitrogens is 1. The summed E-state index contributed by atoms with van der Waals surface area (Å²) in [4.78, 5) is 17.5. The largest absolute Gasteiger partial charge is 0.395 e. The average Bonchev–Trinajstić information content (AvgIpc) is 3.35. The van der Waals surface area contributed by atoms with Gasteiger partial charge in [0.2, 0.25) is 5.91 Å². The zero-order valence-corrected chi connectivity index (χ0v) is 21.4. The monoisotopic (exact) mass is 515 g/mol. The lowest BCUT2D eigenvalue weighted by Gasteiger charge is -2.21. The van der Waals surface area contributed by atoms with Gasteiger partial charge < -0.3 is 20.1 Å². The number of H-pyrrole nitrogens is 1. The van der Waals surface area contributed by atoms with Gasteiger partial charge >= 0.3 is 0 Å². The van der Waals surface area contributed by atoms with Crippen LogP contribution in [0.25, 0.3) is 17.0 Å². The van der Waals surface area contributed by atoms with Crippen LogP contribution in [-0.2, 0) is 29.1 Å². The van der Waals surface area contributed by atoms with E-state index in [0.29, 0.717) is 13.1 Å². The van der Waals surface area contributed by atoms with Crippen molar-refractivity contribution in [2.75, 3.05) is 32.8 Å². The van der Waals surface area contributed by atoms with E-state index in [4.69, 9.17) is 4.74 Å². The van der Waals surface area contributed by atoms with Gasteiger partial charge in [-0.2, -0.15) is 0 Å². The van der Waals surface area contributed by atoms with Crippen molar-refractivity contribution in [3.8, 4) is 0 Å². The first-order chi connectivity index (χ1) is 18.6. The van der Waals surface area contributed by atoms with Gasteiger partial charge in [-0.05, 0) is 46.9 Å². The summed E-state index contributed by atoms with van der Waals surface area (Å²) in [5.41, 5.74) is 5.48. The first kappa shape index (κ1) is 27.3. The Morgan fingerprint density at radius 2 is 1.76 bits per heavy atom. The Morgan fingerprint density at radius 3 is 2.55 bits per heavy atom. The molecule has 0 saturated heterocycles. The highest BCUT2D eigenvalue weighted by Gasteiger charge is 2.09. The summed E-state index contributed by atoms with van der Waals surface area (Å²) in [6.45, 7) is 2.98. The third-order valence-electron chi connectivity index (χ3n) is 6.32. The van der Waals surface area contributed by atoms with Crippen molar-refractivity contribution < 1.29 is 19.0 Å². The second-order valence-corrected chi connectivity index (χ2v) is 9.18. The van der Waals surface area contributed by atoms with Crippen LogP contribution in [0.2, 0.25) is 0 Å². The fourth-order valence-corrected chi connectivity index (χ4v) is 4.28. The van der Waals surface area contributed by atoms with Gasteiger partial charge in [0.15, 0.2) is 0 Å². The highest BCUT2D eigenvalue weighted by molar-refractivity contribution is 5.83. The van der Waals surface area contributed by atoms with Gasteiger partial charge in [-0.3, -0.25) is 9.69 Å². The zero-order valence-electron chi connectivity index (χ0n) is 21.4. The minimum atomic E-state index is -0.297. The SMILES string of the molecule is O=C(COCc1ccc(F)cc1)NC/C=C/c1ccc(CN(CCO)CCc2c[nH]c3ccccc23)cc1. The molecular weight excluding hydrogens is 481 g/mol. The summed E-state index contributed by atoms with van der Waals surface area (Å²) < 4.78 is 18.3. The molecule has 4 rings (SSSR count). The lowest BCUT2D eigenvalue weighted by Crippen LogP contribution is -2.28. The van der Waals surface area contributed by atoms with Gasteiger partial charge in [0.1, 0.15) is 12.4 Å². The highest BCUT2D eigenvalue weighted by atomic mass is 19.1. The molecule has 0 aliphatic carbocycles. The Balaban J connectivity index is 1.18. The minimum Gasteiger partial charge on any atom is -0.395 e. The van der Waals surface area contributed by atoms with Crippen molar-refractivity contribution in [1.82, 2.24) is 15.2 Å². The van der Waals surface area contributed by atoms with Crippen LogP contribution in [0.3, 0.4) is 0 Å². The standard InChI is InChI=1S/C31H34FN3O3/c32-28-13-11-26(12-14-28)22-38-23-31(37)33-16-3-4-24-7-9-25(10-8-24)21-35(18-19-36)17-15-27-20-34-30-6-2-1-5-29(27)30/h1-14,20,34,36H,15-19,21-23H2,(H,33,37)/b4-3+. The molecule has 3 N–H and O–H groups in total. The number of hydrogen-bond donors (Lipinski definition) is 3. The summed E-state index contributed by atoms with van der Waals surface area (Å²) >= 11 is 0. The van der Waals surface area contributed by atoms with Crippen LogP contribution in [0, 0.1) is 5.82 Å². The number of hydrogen-bond acceptors (Lipinski definition) is 4. The molecule has 1 heterocycles. The van der Waals surface area contributed by atoms with Gasteiger partial charge in [0, 0.05) is 43.3 Å². The van der Waals surface area contributed by atoms with Crippen LogP contribution in [0.4, 0.5) is 4.39 Å². The van der Waals surface area contributed by atoms with Crippen molar-refractivity contribution in [1.29, 1.82) is 0 Å². The normalized spacial score (nSPS) is 11.6. The van der Waals surface area contributed by atoms with Crippen LogP contribution in [0.5, 0.6) is 0 Å². The molecule has 0 unspecified atom stereocenters. The van der Waals surface area contributed by atoms with E-state index >= 15 is 0 Å². The first-order valence-electron chi connectivity index (χ1n) is 12.8. The fourth-order valence-electron chi connectivity index (χ4n) is 4.28. The van der Waals surface area contributed by atoms with Crippen LogP contribution in [0.1, 0.15) is 22.3 Å². The number of ether oxygens (including phenoxy) is 1. The molecule has 0 radical (unpaired) electrons. The van der Waals surface area contributed by atoms with Gasteiger partial charge in [-0.15, -0.1) is 0 Å². The molecule has 6 nitrogen and oxygen atoms in total. The lowest BCUT2D eigenvalue weighted by molar-refractivity contribution is -0.125. The Morgan fingerprint density at radius 1 is 1.00 bits per heavy atom. The molecule has 1 aromatic heterocycles. The second-order valence-electron chi connectivity index (χ2n) is 9.18. The van der Waals surface area contributed by atoms with Gasteiger partial charge in [0.25, 0.3) is 0 Å². The number of aromatic amines is 1. The van der Waals surface area contributed by atoms with Gasteiger partial charge in [0.05, 0.1) is 13.2 Å². The molecule has 0 spiro atoms. The number of aliphatic hydroxyl groups is 1. The highest BCUT2D eigenvalue weighted by Crippen LogP contribution is 2.19. The number of nitrogens with one attached hydrogen (secondary N) is 2. The predicted molar refractivity (Wildman–Crippen MR) is 149 cm³/mol. The molecule has 7 heteroatoms. The first-order valence-corrected chi connectivity index (χ1v) is 12.8. The van der Waals surface area contributed by atoms with Crippen molar-refractivity contribution in [2.45, 2.75) is 19.6 Å². The molecule has 0 fully saturated rings. The topological polar surface area (TPSA) is 77.6 Å². The Labute approximate surface area is 222 Å². The average molecular weight is 516 g/mol. The summed E-state index contributed by atoms with van der Waals surface area (Å²) in [5, 5.41) is 13.6. The van der Waals surface area contributed by atoms with E-state index in [1.807, 2.05) is 18.2 Å². The number of aliphatic hydroxyl groups excluding tert-OH is 1. The van der Waals surface area contributed by atoms with E-state index < -0.39 is 0 Å². The molecule has 0 aliphatic rings. The molecule has 4 aromatic rings. The third-order valence-corrected chi connectivity index (χ3v) is 6.32. The fraction of sp³-hybridized carbons (Fsp3) is 0.258. The molecule has 1 amide bonds.